The maximum Gasteiger partial charge on any atom is 0.379 e. The van der Waals surface area contributed by atoms with E-state index in [9.17, 15) is 14.4 Å². The summed E-state index contributed by atoms with van der Waals surface area (Å²) >= 11 is 1.24. The number of allylic oxidation sites excluding steroid dienone is 1. The molecule has 1 aliphatic rings. The van der Waals surface area contributed by atoms with Gasteiger partial charge in [-0.2, -0.15) is 0 Å². The Morgan fingerprint density at radius 3 is 2.49 bits per heavy atom. The number of hydrogen-bond donors (Lipinski definition) is 0. The number of furan rings is 1. The van der Waals surface area contributed by atoms with E-state index < -0.39 is 18.0 Å². The van der Waals surface area contributed by atoms with Crippen molar-refractivity contribution >= 4 is 29.4 Å². The zero-order valence-electron chi connectivity index (χ0n) is 20.0. The molecule has 1 aliphatic heterocycles. The van der Waals surface area contributed by atoms with E-state index in [4.69, 9.17) is 13.9 Å². The van der Waals surface area contributed by atoms with E-state index in [-0.39, 0.29) is 17.9 Å². The average molecular weight is 515 g/mol. The third-order valence-electron chi connectivity index (χ3n) is 5.74. The Morgan fingerprint density at radius 2 is 1.81 bits per heavy atom. The van der Waals surface area contributed by atoms with Gasteiger partial charge >= 0.3 is 11.9 Å². The van der Waals surface area contributed by atoms with E-state index in [1.807, 2.05) is 30.3 Å². The van der Waals surface area contributed by atoms with Gasteiger partial charge in [-0.15, -0.1) is 0 Å². The molecule has 4 aromatic rings. The fraction of sp³-hybridized carbons (Fsp3) is 0.143. The van der Waals surface area contributed by atoms with Crippen molar-refractivity contribution in [1.82, 2.24) is 4.57 Å². The molecule has 8 nitrogen and oxygen atoms in total. The lowest BCUT2D eigenvalue weighted by atomic mass is 9.96. The standard InChI is InChI=1S/C28H22N2O6S/c1-3-34-27(33)23-17(2)29-28-30(24(23)19-8-5-4-6-9-19)25(31)22(37-28)16-18-11-13-20(14-12-18)36-26(32)21-10-7-15-35-21/h4-16,24H,3H2,1-2H3/t24-/m1/s1. The van der Waals surface area contributed by atoms with E-state index in [0.29, 0.717) is 26.4 Å². The number of nitrogens with zero attached hydrogens (tertiary/aromatic N) is 2. The van der Waals surface area contributed by atoms with Crippen molar-refractivity contribution in [3.63, 3.8) is 0 Å². The molecule has 0 fully saturated rings. The highest BCUT2D eigenvalue weighted by Gasteiger charge is 2.33. The van der Waals surface area contributed by atoms with Crippen LogP contribution in [0.15, 0.2) is 98.5 Å². The number of carbonyl (C=O) groups is 2. The molecule has 0 unspecified atom stereocenters. The number of benzene rings is 2. The smallest absolute Gasteiger partial charge is 0.379 e. The summed E-state index contributed by atoms with van der Waals surface area (Å²) in [7, 11) is 0. The van der Waals surface area contributed by atoms with Gasteiger partial charge in [-0.3, -0.25) is 9.36 Å². The summed E-state index contributed by atoms with van der Waals surface area (Å²) in [5, 5.41) is 0. The molecular weight excluding hydrogens is 492 g/mol. The van der Waals surface area contributed by atoms with Crippen molar-refractivity contribution < 1.29 is 23.5 Å². The van der Waals surface area contributed by atoms with E-state index in [0.717, 1.165) is 11.1 Å². The molecule has 2 aromatic carbocycles. The maximum atomic E-state index is 13.6. The zero-order valence-corrected chi connectivity index (χ0v) is 20.9. The Balaban J connectivity index is 1.52. The van der Waals surface area contributed by atoms with Crippen LogP contribution in [0.4, 0.5) is 0 Å². The summed E-state index contributed by atoms with van der Waals surface area (Å²) in [6.45, 7) is 3.71. The van der Waals surface area contributed by atoms with Crippen molar-refractivity contribution in [2.24, 2.45) is 4.99 Å². The van der Waals surface area contributed by atoms with Gasteiger partial charge in [0.25, 0.3) is 5.56 Å². The van der Waals surface area contributed by atoms with Crippen molar-refractivity contribution in [3.8, 4) is 5.75 Å². The quantitative estimate of drug-likeness (QED) is 0.288. The topological polar surface area (TPSA) is 100 Å². The Kier molecular flexibility index (Phi) is 6.70. The van der Waals surface area contributed by atoms with E-state index in [2.05, 4.69) is 4.99 Å². The summed E-state index contributed by atoms with van der Waals surface area (Å²) in [5.41, 5.74) is 2.12. The van der Waals surface area contributed by atoms with Crippen LogP contribution in [0.3, 0.4) is 0 Å². The number of thiazole rings is 1. The van der Waals surface area contributed by atoms with Crippen LogP contribution in [0.25, 0.3) is 6.08 Å². The summed E-state index contributed by atoms with van der Waals surface area (Å²) in [5.74, 6) is -0.638. The lowest BCUT2D eigenvalue weighted by Crippen LogP contribution is -2.39. The molecule has 0 amide bonds. The molecule has 9 heteroatoms. The van der Waals surface area contributed by atoms with Crippen molar-refractivity contribution in [2.45, 2.75) is 19.9 Å². The molecule has 37 heavy (non-hydrogen) atoms. The SMILES string of the molecule is CCOC(=O)C1=C(C)N=c2sc(=Cc3ccc(OC(=O)c4ccco4)cc3)c(=O)n2[C@@H]1c1ccccc1. The van der Waals surface area contributed by atoms with Crippen LogP contribution in [0.2, 0.25) is 0 Å². The van der Waals surface area contributed by atoms with Gasteiger partial charge in [0.05, 0.1) is 34.7 Å². The highest BCUT2D eigenvalue weighted by atomic mass is 32.1. The highest BCUT2D eigenvalue weighted by molar-refractivity contribution is 7.07. The first-order chi connectivity index (χ1) is 18.0. The minimum Gasteiger partial charge on any atom is -0.463 e. The lowest BCUT2D eigenvalue weighted by Gasteiger charge is -2.24. The van der Waals surface area contributed by atoms with Crippen molar-refractivity contribution in [2.75, 3.05) is 6.61 Å². The van der Waals surface area contributed by atoms with Crippen LogP contribution in [-0.2, 0) is 9.53 Å². The third-order valence-corrected chi connectivity index (χ3v) is 6.73. The third kappa shape index (κ3) is 4.81. The number of ether oxygens (including phenoxy) is 2. The summed E-state index contributed by atoms with van der Waals surface area (Å²) in [6.07, 6.45) is 3.14. The van der Waals surface area contributed by atoms with Crippen LogP contribution < -0.4 is 19.6 Å². The molecule has 0 saturated carbocycles. The molecule has 0 aliphatic carbocycles. The van der Waals surface area contributed by atoms with Gasteiger partial charge in [0.2, 0.25) is 5.76 Å². The van der Waals surface area contributed by atoms with Crippen LogP contribution in [0, 0.1) is 0 Å². The molecular formula is C28H22N2O6S. The first-order valence-corrected chi connectivity index (χ1v) is 12.4. The van der Waals surface area contributed by atoms with Gasteiger partial charge in [0, 0.05) is 0 Å². The normalized spacial score (nSPS) is 15.2. The number of esters is 2. The van der Waals surface area contributed by atoms with Gasteiger partial charge in [0.1, 0.15) is 5.75 Å². The fourth-order valence-corrected chi connectivity index (χ4v) is 5.12. The Labute approximate surface area is 215 Å². The first-order valence-electron chi connectivity index (χ1n) is 11.6. The Morgan fingerprint density at radius 1 is 1.05 bits per heavy atom. The second kappa shape index (κ2) is 10.2. The minimum atomic E-state index is -0.651. The van der Waals surface area contributed by atoms with Crippen molar-refractivity contribution in [3.05, 3.63) is 121 Å². The largest absolute Gasteiger partial charge is 0.463 e. The molecule has 3 heterocycles. The number of carbonyl (C=O) groups excluding carboxylic acids is 2. The Bertz CT molecular complexity index is 1660. The Hall–Kier alpha value is -4.50. The average Bonchev–Trinajstić information content (AvgIpc) is 3.54. The lowest BCUT2D eigenvalue weighted by molar-refractivity contribution is -0.139. The van der Waals surface area contributed by atoms with E-state index >= 15 is 0 Å². The second-order valence-electron chi connectivity index (χ2n) is 8.15. The van der Waals surface area contributed by atoms with E-state index in [1.165, 1.54) is 23.7 Å². The molecule has 1 atom stereocenters. The molecule has 186 valence electrons. The van der Waals surface area contributed by atoms with Gasteiger partial charge in [-0.25, -0.2) is 14.6 Å². The summed E-state index contributed by atoms with van der Waals surface area (Å²) in [4.78, 5) is 43.7. The highest BCUT2D eigenvalue weighted by Crippen LogP contribution is 2.30. The van der Waals surface area contributed by atoms with Crippen LogP contribution in [0.5, 0.6) is 5.75 Å². The number of rotatable bonds is 6. The zero-order chi connectivity index (χ0) is 25.9. The van der Waals surface area contributed by atoms with Crippen LogP contribution in [0.1, 0.15) is 41.6 Å². The van der Waals surface area contributed by atoms with Gasteiger partial charge in [0.15, 0.2) is 4.80 Å². The summed E-state index contributed by atoms with van der Waals surface area (Å²) in [6, 6.07) is 18.6. The van der Waals surface area contributed by atoms with E-state index in [1.54, 1.807) is 54.8 Å². The molecule has 0 bridgehead atoms. The van der Waals surface area contributed by atoms with Gasteiger partial charge in [-0.1, -0.05) is 53.8 Å². The number of hydrogen-bond acceptors (Lipinski definition) is 8. The summed E-state index contributed by atoms with van der Waals surface area (Å²) < 4.78 is 17.7. The molecule has 5 rings (SSSR count). The van der Waals surface area contributed by atoms with Gasteiger partial charge in [-0.05, 0) is 55.3 Å². The predicted molar refractivity (Wildman–Crippen MR) is 137 cm³/mol. The number of aromatic nitrogens is 1. The van der Waals surface area contributed by atoms with Crippen molar-refractivity contribution in [1.29, 1.82) is 0 Å². The minimum absolute atomic E-state index is 0.107. The molecule has 0 saturated heterocycles. The molecule has 0 spiro atoms. The monoisotopic (exact) mass is 514 g/mol. The van der Waals surface area contributed by atoms with Gasteiger partial charge < -0.3 is 13.9 Å². The maximum absolute atomic E-state index is 13.6. The fourth-order valence-electron chi connectivity index (χ4n) is 4.08. The molecule has 0 N–H and O–H groups in total. The predicted octanol–water partition coefficient (Wildman–Crippen LogP) is 3.61. The molecule has 0 radical (unpaired) electrons. The molecule has 2 aromatic heterocycles. The van der Waals surface area contributed by atoms with Crippen LogP contribution in [-0.4, -0.2) is 23.1 Å². The second-order valence-corrected chi connectivity index (χ2v) is 9.16. The first kappa shape index (κ1) is 24.2. The number of fused-ring (bicyclic) bond motifs is 1. The van der Waals surface area contributed by atoms with Crippen LogP contribution >= 0.6 is 11.3 Å².